The number of carbonyl (C=O) groups is 1. The first-order valence-corrected chi connectivity index (χ1v) is 7.36. The van der Waals surface area contributed by atoms with E-state index in [0.717, 1.165) is 16.8 Å². The molecule has 0 aliphatic carbocycles. The lowest BCUT2D eigenvalue weighted by molar-refractivity contribution is -0.175. The third kappa shape index (κ3) is 4.30. The van der Waals surface area contributed by atoms with Gasteiger partial charge in [-0.25, -0.2) is 14.4 Å². The van der Waals surface area contributed by atoms with E-state index in [2.05, 4.69) is 9.56 Å². The Morgan fingerprint density at radius 2 is 2.04 bits per heavy atom. The lowest BCUT2D eigenvalue weighted by Crippen LogP contribution is -2.37. The van der Waals surface area contributed by atoms with Gasteiger partial charge in [0.15, 0.2) is 6.23 Å². The molecule has 1 aromatic heterocycles. The second-order valence-corrected chi connectivity index (χ2v) is 5.55. The number of H-pyrrole nitrogens is 1. The third-order valence-corrected chi connectivity index (χ3v) is 3.62. The van der Waals surface area contributed by atoms with Crippen molar-refractivity contribution in [3.63, 3.8) is 0 Å². The second kappa shape index (κ2) is 7.88. The largest absolute Gasteiger partial charge is 0.394 e. The fraction of sp³-hybridized carbons (Fsp3) is 0.545. The first-order chi connectivity index (χ1) is 10.9. The highest BCUT2D eigenvalue weighted by atomic mass is 31.1. The molecule has 0 bridgehead atoms. The summed E-state index contributed by atoms with van der Waals surface area (Å²) < 4.78 is 10.3. The molecule has 0 saturated carbocycles. The minimum absolute atomic E-state index is 0.0370. The average Bonchev–Trinajstić information content (AvgIpc) is 3.09. The van der Waals surface area contributed by atoms with E-state index in [4.69, 9.17) is 9.84 Å². The highest BCUT2D eigenvalue weighted by molar-refractivity contribution is 7.53. The molecule has 1 unspecified atom stereocenters. The van der Waals surface area contributed by atoms with Crippen LogP contribution in [0.4, 0.5) is 0 Å². The van der Waals surface area contributed by atoms with Crippen LogP contribution in [-0.2, 0) is 19.1 Å². The SMILES string of the molecule is O=C1COOP1.O=c1ccn([C@@H]2O[C@H](CO)[C@@H](O)[C@H]2O)c(=O)[nH]1. The fourth-order valence-electron chi connectivity index (χ4n) is 1.93. The Morgan fingerprint density at radius 1 is 1.30 bits per heavy atom. The van der Waals surface area contributed by atoms with Crippen LogP contribution in [0, 0.1) is 0 Å². The summed E-state index contributed by atoms with van der Waals surface area (Å²) in [4.78, 5) is 38.5. The van der Waals surface area contributed by atoms with Crippen molar-refractivity contribution in [2.24, 2.45) is 0 Å². The number of aliphatic hydroxyl groups excluding tert-OH is 3. The topological polar surface area (TPSA) is 160 Å². The Morgan fingerprint density at radius 3 is 2.48 bits per heavy atom. The van der Waals surface area contributed by atoms with Crippen molar-refractivity contribution in [1.82, 2.24) is 9.55 Å². The molecule has 3 heterocycles. The van der Waals surface area contributed by atoms with E-state index in [1.807, 2.05) is 4.98 Å². The van der Waals surface area contributed by atoms with E-state index in [-0.39, 0.29) is 20.9 Å². The second-order valence-electron chi connectivity index (χ2n) is 4.62. The van der Waals surface area contributed by atoms with Gasteiger partial charge in [-0.1, -0.05) is 0 Å². The van der Waals surface area contributed by atoms with Crippen molar-refractivity contribution in [3.8, 4) is 0 Å². The van der Waals surface area contributed by atoms with Crippen LogP contribution >= 0.6 is 8.81 Å². The van der Waals surface area contributed by atoms with Crippen molar-refractivity contribution in [2.75, 3.05) is 13.2 Å². The molecule has 4 N–H and O–H groups in total. The molecule has 5 atom stereocenters. The molecule has 0 aromatic carbocycles. The molecule has 0 spiro atoms. The standard InChI is InChI=1S/C9H12N2O6.C2H3O3P/c12-3-4-6(14)7(15)8(17-4)11-2-1-5(13)10-9(11)16;3-2-1-4-5-6-2/h1-2,4,6-8,12,14-15H,3H2,(H,10,13,16);6H,1H2/t4-,6-,7-,8-;/m1./s1. The fourth-order valence-corrected chi connectivity index (χ4v) is 2.25. The van der Waals surface area contributed by atoms with Gasteiger partial charge in [0.2, 0.25) is 5.52 Å². The highest BCUT2D eigenvalue weighted by Gasteiger charge is 2.43. The molecular weight excluding hydrogens is 335 g/mol. The van der Waals surface area contributed by atoms with Crippen LogP contribution in [0.2, 0.25) is 0 Å². The van der Waals surface area contributed by atoms with Gasteiger partial charge in [-0.05, 0) is 0 Å². The Balaban J connectivity index is 0.000000268. The van der Waals surface area contributed by atoms with Crippen LogP contribution in [0.25, 0.3) is 0 Å². The summed E-state index contributed by atoms with van der Waals surface area (Å²) in [5, 5.41) is 28.1. The van der Waals surface area contributed by atoms with Gasteiger partial charge in [-0.2, -0.15) is 0 Å². The van der Waals surface area contributed by atoms with Crippen LogP contribution in [0.3, 0.4) is 0 Å². The summed E-state index contributed by atoms with van der Waals surface area (Å²) in [5.74, 6) is 0. The summed E-state index contributed by atoms with van der Waals surface area (Å²) in [6, 6.07) is 1.09. The first-order valence-electron chi connectivity index (χ1n) is 6.45. The molecule has 2 fully saturated rings. The number of aromatic nitrogens is 2. The molecular formula is C11H15N2O9P. The van der Waals surface area contributed by atoms with E-state index in [0.29, 0.717) is 0 Å². The Hall–Kier alpha value is -1.46. The van der Waals surface area contributed by atoms with E-state index >= 15 is 0 Å². The molecule has 11 nitrogen and oxygen atoms in total. The molecule has 0 radical (unpaired) electrons. The zero-order chi connectivity index (χ0) is 17.0. The van der Waals surface area contributed by atoms with Gasteiger partial charge in [-0.15, -0.1) is 0 Å². The van der Waals surface area contributed by atoms with Crippen molar-refractivity contribution < 1.29 is 34.4 Å². The number of hydrogen-bond donors (Lipinski definition) is 4. The molecule has 128 valence electrons. The normalized spacial score (nSPS) is 31.2. The molecule has 2 saturated heterocycles. The average molecular weight is 350 g/mol. The van der Waals surface area contributed by atoms with Gasteiger partial charge in [0.1, 0.15) is 33.7 Å². The number of aliphatic hydroxyl groups is 3. The number of hydrogen-bond acceptors (Lipinski definition) is 9. The van der Waals surface area contributed by atoms with Crippen molar-refractivity contribution in [2.45, 2.75) is 24.5 Å². The van der Waals surface area contributed by atoms with E-state index in [1.54, 1.807) is 0 Å². The lowest BCUT2D eigenvalue weighted by Gasteiger charge is -2.16. The van der Waals surface area contributed by atoms with E-state index in [1.165, 1.54) is 0 Å². The van der Waals surface area contributed by atoms with Crippen LogP contribution < -0.4 is 11.2 Å². The quantitative estimate of drug-likeness (QED) is 0.326. The number of nitrogens with zero attached hydrogens (tertiary/aromatic N) is 1. The Bertz CT molecular complexity index is 651. The maximum atomic E-state index is 11.4. The molecule has 0 amide bonds. The third-order valence-electron chi connectivity index (χ3n) is 3.05. The van der Waals surface area contributed by atoms with Crippen molar-refractivity contribution >= 4 is 14.3 Å². The first kappa shape index (κ1) is 17.9. The number of nitrogens with one attached hydrogen (secondary N) is 1. The van der Waals surface area contributed by atoms with Crippen LogP contribution in [0.5, 0.6) is 0 Å². The van der Waals surface area contributed by atoms with Crippen LogP contribution in [-0.4, -0.2) is 61.9 Å². The van der Waals surface area contributed by atoms with Gasteiger partial charge < -0.3 is 20.1 Å². The van der Waals surface area contributed by atoms with Crippen LogP contribution in [0.1, 0.15) is 6.23 Å². The van der Waals surface area contributed by atoms with E-state index < -0.39 is 42.4 Å². The zero-order valence-corrected chi connectivity index (χ0v) is 12.6. The predicted molar refractivity (Wildman–Crippen MR) is 74.7 cm³/mol. The Kier molecular flexibility index (Phi) is 6.13. The number of ether oxygens (including phenoxy) is 1. The van der Waals surface area contributed by atoms with Crippen molar-refractivity contribution in [1.29, 1.82) is 0 Å². The predicted octanol–water partition coefficient (Wildman–Crippen LogP) is -2.78. The van der Waals surface area contributed by atoms with Crippen molar-refractivity contribution in [3.05, 3.63) is 33.1 Å². The summed E-state index contributed by atoms with van der Waals surface area (Å²) in [7, 11) is -0.0787. The van der Waals surface area contributed by atoms with E-state index in [9.17, 15) is 24.6 Å². The lowest BCUT2D eigenvalue weighted by atomic mass is 10.1. The summed E-state index contributed by atoms with van der Waals surface area (Å²) in [6.07, 6.45) is -3.58. The molecule has 23 heavy (non-hydrogen) atoms. The molecule has 1 aromatic rings. The van der Waals surface area contributed by atoms with Gasteiger partial charge in [0.05, 0.1) is 6.61 Å². The monoisotopic (exact) mass is 350 g/mol. The van der Waals surface area contributed by atoms with Gasteiger partial charge in [0.25, 0.3) is 5.56 Å². The van der Waals surface area contributed by atoms with Gasteiger partial charge in [-0.3, -0.25) is 19.1 Å². The molecule has 2 aliphatic rings. The van der Waals surface area contributed by atoms with Gasteiger partial charge in [0, 0.05) is 12.3 Å². The highest BCUT2D eigenvalue weighted by Crippen LogP contribution is 2.27. The number of rotatable bonds is 2. The summed E-state index contributed by atoms with van der Waals surface area (Å²) in [5.41, 5.74) is -1.29. The summed E-state index contributed by atoms with van der Waals surface area (Å²) >= 11 is 0. The number of aromatic amines is 1. The maximum Gasteiger partial charge on any atom is 0.330 e. The number of carbonyl (C=O) groups excluding carboxylic acids is 1. The van der Waals surface area contributed by atoms with Crippen LogP contribution in [0.15, 0.2) is 21.9 Å². The minimum Gasteiger partial charge on any atom is -0.394 e. The van der Waals surface area contributed by atoms with Gasteiger partial charge >= 0.3 is 5.69 Å². The minimum atomic E-state index is -1.35. The molecule has 12 heteroatoms. The zero-order valence-electron chi connectivity index (χ0n) is 11.6. The smallest absolute Gasteiger partial charge is 0.330 e. The molecule has 3 rings (SSSR count). The Labute approximate surface area is 130 Å². The molecule has 2 aliphatic heterocycles. The summed E-state index contributed by atoms with van der Waals surface area (Å²) in [6.45, 7) is -0.342. The maximum absolute atomic E-state index is 11.4.